The van der Waals surface area contributed by atoms with Gasteiger partial charge in [-0.1, -0.05) is 0 Å². The number of thioether (sulfide) groups is 1. The van der Waals surface area contributed by atoms with E-state index in [0.717, 1.165) is 35.1 Å². The molecular formula is C24H23F3N6O2S. The van der Waals surface area contributed by atoms with E-state index in [-0.39, 0.29) is 23.5 Å². The number of amides is 1. The van der Waals surface area contributed by atoms with Crippen LogP contribution in [0.1, 0.15) is 34.5 Å². The smallest absolute Gasteiger partial charge is 0.433 e. The molecule has 1 aromatic carbocycles. The molecule has 1 fully saturated rings. The molecule has 3 aromatic rings. The molecular weight excluding hydrogens is 493 g/mol. The number of anilines is 2. The lowest BCUT2D eigenvalue weighted by Crippen LogP contribution is -2.42. The molecule has 1 aliphatic rings. The van der Waals surface area contributed by atoms with Crippen molar-refractivity contribution in [3.8, 4) is 5.88 Å². The van der Waals surface area contributed by atoms with Crippen LogP contribution < -0.4 is 10.1 Å². The van der Waals surface area contributed by atoms with Gasteiger partial charge >= 0.3 is 6.18 Å². The van der Waals surface area contributed by atoms with Gasteiger partial charge < -0.3 is 20.4 Å². The predicted molar refractivity (Wildman–Crippen MR) is 130 cm³/mol. The van der Waals surface area contributed by atoms with Crippen molar-refractivity contribution in [2.45, 2.75) is 30.0 Å². The standard InChI is InChI=1S/C24H23F3N6O2S/c1-36-18-5-3-16(4-6-18)32-21-19(12-28)22(31-14-30-21)35-17-8-10-33(11-9-17)23(34)15-2-7-20(29-13-15)24(25,26)27/h2-7,12-14,17,28H,8-11H2,1H3,(H,30,31,32). The minimum atomic E-state index is -4.55. The molecule has 2 aromatic heterocycles. The molecule has 0 bridgehead atoms. The molecule has 0 spiro atoms. The Kier molecular flexibility index (Phi) is 7.73. The Hall–Kier alpha value is -3.67. The average Bonchev–Trinajstić information content (AvgIpc) is 2.89. The van der Waals surface area contributed by atoms with Crippen molar-refractivity contribution >= 4 is 35.4 Å². The van der Waals surface area contributed by atoms with Crippen LogP contribution in [0.2, 0.25) is 0 Å². The van der Waals surface area contributed by atoms with E-state index >= 15 is 0 Å². The number of carbonyl (C=O) groups is 1. The van der Waals surface area contributed by atoms with E-state index in [1.54, 1.807) is 16.7 Å². The summed E-state index contributed by atoms with van der Waals surface area (Å²) in [5.74, 6) is 0.324. The van der Waals surface area contributed by atoms with E-state index in [9.17, 15) is 18.0 Å². The maximum atomic E-state index is 12.7. The number of aromatic nitrogens is 3. The van der Waals surface area contributed by atoms with Crippen molar-refractivity contribution in [3.05, 3.63) is 65.7 Å². The van der Waals surface area contributed by atoms with Gasteiger partial charge in [-0.3, -0.25) is 9.78 Å². The van der Waals surface area contributed by atoms with Gasteiger partial charge in [0.05, 0.1) is 11.1 Å². The van der Waals surface area contributed by atoms with Crippen molar-refractivity contribution < 1.29 is 22.7 Å². The Labute approximate surface area is 209 Å². The summed E-state index contributed by atoms with van der Waals surface area (Å²) in [5, 5.41) is 11.0. The van der Waals surface area contributed by atoms with Gasteiger partial charge in [0, 0.05) is 48.9 Å². The number of pyridine rings is 1. The fourth-order valence-electron chi connectivity index (χ4n) is 3.72. The SMILES string of the molecule is CSc1ccc(Nc2ncnc(OC3CCN(C(=O)c4ccc(C(F)(F)F)nc4)CC3)c2C=N)cc1. The van der Waals surface area contributed by atoms with Crippen LogP contribution in [0.15, 0.2) is 53.8 Å². The van der Waals surface area contributed by atoms with Gasteiger partial charge in [0.15, 0.2) is 0 Å². The van der Waals surface area contributed by atoms with Crippen molar-refractivity contribution in [1.82, 2.24) is 19.9 Å². The lowest BCUT2D eigenvalue weighted by Gasteiger charge is -2.32. The van der Waals surface area contributed by atoms with Crippen LogP contribution >= 0.6 is 11.8 Å². The van der Waals surface area contributed by atoms with Gasteiger partial charge in [0.2, 0.25) is 5.88 Å². The fourth-order valence-corrected chi connectivity index (χ4v) is 4.13. The second-order valence-electron chi connectivity index (χ2n) is 7.98. The zero-order valence-corrected chi connectivity index (χ0v) is 20.1. The van der Waals surface area contributed by atoms with E-state index in [0.29, 0.717) is 37.3 Å². The molecule has 0 unspecified atom stereocenters. The Bertz CT molecular complexity index is 1210. The summed E-state index contributed by atoms with van der Waals surface area (Å²) in [5.41, 5.74) is 0.278. The number of ether oxygens (including phenoxy) is 1. The van der Waals surface area contributed by atoms with E-state index in [4.69, 9.17) is 10.1 Å². The third-order valence-corrected chi connectivity index (χ3v) is 6.40. The lowest BCUT2D eigenvalue weighted by molar-refractivity contribution is -0.141. The van der Waals surface area contributed by atoms with Gasteiger partial charge in [0.1, 0.15) is 23.9 Å². The first-order valence-electron chi connectivity index (χ1n) is 11.0. The highest BCUT2D eigenvalue weighted by molar-refractivity contribution is 7.98. The van der Waals surface area contributed by atoms with Gasteiger partial charge in [-0.2, -0.15) is 13.2 Å². The second kappa shape index (κ2) is 10.9. The molecule has 0 aliphatic carbocycles. The molecule has 1 aliphatic heterocycles. The summed E-state index contributed by atoms with van der Waals surface area (Å²) in [6.45, 7) is 0.727. The number of hydrogen-bond acceptors (Lipinski definition) is 8. The first-order valence-corrected chi connectivity index (χ1v) is 12.3. The molecule has 0 saturated carbocycles. The van der Waals surface area contributed by atoms with Gasteiger partial charge in [-0.25, -0.2) is 9.97 Å². The highest BCUT2D eigenvalue weighted by atomic mass is 32.2. The lowest BCUT2D eigenvalue weighted by atomic mass is 10.1. The normalized spacial score (nSPS) is 14.4. The summed E-state index contributed by atoms with van der Waals surface area (Å²) in [7, 11) is 0. The van der Waals surface area contributed by atoms with Crippen LogP contribution in [0.4, 0.5) is 24.7 Å². The zero-order valence-electron chi connectivity index (χ0n) is 19.2. The maximum Gasteiger partial charge on any atom is 0.433 e. The number of benzene rings is 1. The Morgan fingerprint density at radius 1 is 1.14 bits per heavy atom. The predicted octanol–water partition coefficient (Wildman–Crippen LogP) is 5.04. The van der Waals surface area contributed by atoms with Crippen LogP contribution in [0.3, 0.4) is 0 Å². The summed E-state index contributed by atoms with van der Waals surface area (Å²) < 4.78 is 44.2. The van der Waals surface area contributed by atoms with E-state index in [1.807, 2.05) is 30.5 Å². The number of likely N-dealkylation sites (tertiary alicyclic amines) is 1. The summed E-state index contributed by atoms with van der Waals surface area (Å²) in [6, 6.07) is 9.74. The number of piperidine rings is 1. The third kappa shape index (κ3) is 5.93. The summed E-state index contributed by atoms with van der Waals surface area (Å²) in [4.78, 5) is 27.2. The summed E-state index contributed by atoms with van der Waals surface area (Å²) >= 11 is 1.64. The van der Waals surface area contributed by atoms with Crippen LogP contribution in [-0.4, -0.2) is 57.4 Å². The Balaban J connectivity index is 1.38. The molecule has 0 atom stereocenters. The molecule has 1 saturated heterocycles. The highest BCUT2D eigenvalue weighted by Crippen LogP contribution is 2.29. The van der Waals surface area contributed by atoms with Crippen molar-refractivity contribution in [3.63, 3.8) is 0 Å². The molecule has 12 heteroatoms. The first-order chi connectivity index (χ1) is 17.3. The van der Waals surface area contributed by atoms with Crippen molar-refractivity contribution in [2.24, 2.45) is 0 Å². The van der Waals surface area contributed by atoms with Crippen LogP contribution in [-0.2, 0) is 6.18 Å². The molecule has 2 N–H and O–H groups in total. The zero-order chi connectivity index (χ0) is 25.7. The molecule has 0 radical (unpaired) electrons. The largest absolute Gasteiger partial charge is 0.474 e. The van der Waals surface area contributed by atoms with Crippen LogP contribution in [0, 0.1) is 5.41 Å². The number of carbonyl (C=O) groups excluding carboxylic acids is 1. The quantitative estimate of drug-likeness (QED) is 0.335. The van der Waals surface area contributed by atoms with Crippen LogP contribution in [0.25, 0.3) is 0 Å². The minimum Gasteiger partial charge on any atom is -0.474 e. The topological polar surface area (TPSA) is 104 Å². The number of alkyl halides is 3. The van der Waals surface area contributed by atoms with Gasteiger partial charge in [-0.15, -0.1) is 11.8 Å². The molecule has 188 valence electrons. The number of halogens is 3. The average molecular weight is 517 g/mol. The monoisotopic (exact) mass is 516 g/mol. The third-order valence-electron chi connectivity index (χ3n) is 5.65. The number of hydrogen-bond donors (Lipinski definition) is 2. The Morgan fingerprint density at radius 2 is 1.86 bits per heavy atom. The highest BCUT2D eigenvalue weighted by Gasteiger charge is 2.33. The molecule has 1 amide bonds. The molecule has 3 heterocycles. The van der Waals surface area contributed by atoms with Gasteiger partial charge in [-0.05, 0) is 42.7 Å². The second-order valence-corrected chi connectivity index (χ2v) is 8.86. The first kappa shape index (κ1) is 25.4. The number of nitrogens with zero attached hydrogens (tertiary/aromatic N) is 4. The maximum absolute atomic E-state index is 12.7. The fraction of sp³-hybridized carbons (Fsp3) is 0.292. The molecule has 8 nitrogen and oxygen atoms in total. The van der Waals surface area contributed by atoms with E-state index in [2.05, 4.69) is 20.3 Å². The number of nitrogens with one attached hydrogen (secondary N) is 2. The van der Waals surface area contributed by atoms with Crippen LogP contribution in [0.5, 0.6) is 5.88 Å². The van der Waals surface area contributed by atoms with Gasteiger partial charge in [0.25, 0.3) is 5.91 Å². The molecule has 4 rings (SSSR count). The summed E-state index contributed by atoms with van der Waals surface area (Å²) in [6.07, 6.45) is 1.63. The van der Waals surface area contributed by atoms with E-state index < -0.39 is 11.9 Å². The molecule has 36 heavy (non-hydrogen) atoms. The Morgan fingerprint density at radius 3 is 2.44 bits per heavy atom. The van der Waals surface area contributed by atoms with Crippen molar-refractivity contribution in [2.75, 3.05) is 24.7 Å². The van der Waals surface area contributed by atoms with E-state index in [1.165, 1.54) is 6.33 Å². The van der Waals surface area contributed by atoms with Crippen molar-refractivity contribution in [1.29, 1.82) is 5.41 Å². The minimum absolute atomic E-state index is 0.102. The number of rotatable bonds is 7.